The van der Waals surface area contributed by atoms with Crippen molar-refractivity contribution in [2.75, 3.05) is 19.8 Å². The average Bonchev–Trinajstić information content (AvgIpc) is 3.18. The van der Waals surface area contributed by atoms with Crippen LogP contribution in [0.3, 0.4) is 0 Å². The van der Waals surface area contributed by atoms with Crippen LogP contribution in [0, 0.1) is 24.6 Å². The predicted molar refractivity (Wildman–Crippen MR) is 132 cm³/mol. The van der Waals surface area contributed by atoms with E-state index in [1.54, 1.807) is 6.07 Å². The Morgan fingerprint density at radius 3 is 2.49 bits per heavy atom. The van der Waals surface area contributed by atoms with Gasteiger partial charge in [-0.15, -0.1) is 0 Å². The number of nitrogens with zero attached hydrogens (tertiary/aromatic N) is 2. The molecule has 1 saturated carbocycles. The SMILES string of the molecule is Cc1ccc(-c2c(-c3ccccc3)c(CCO)nn2C[C@H]2CC[C@H](COCC(=O)O)CC2)c(F)c1. The van der Waals surface area contributed by atoms with Crippen molar-refractivity contribution in [3.8, 4) is 22.4 Å². The van der Waals surface area contributed by atoms with Crippen LogP contribution in [-0.4, -0.2) is 45.8 Å². The summed E-state index contributed by atoms with van der Waals surface area (Å²) in [5.41, 5.74) is 4.72. The molecule has 1 heterocycles. The molecule has 1 aliphatic carbocycles. The molecule has 6 nitrogen and oxygen atoms in total. The minimum atomic E-state index is -0.943. The Labute approximate surface area is 205 Å². The third-order valence-electron chi connectivity index (χ3n) is 6.79. The fourth-order valence-electron chi connectivity index (χ4n) is 5.06. The summed E-state index contributed by atoms with van der Waals surface area (Å²) in [4.78, 5) is 10.7. The Morgan fingerprint density at radius 1 is 1.11 bits per heavy atom. The van der Waals surface area contributed by atoms with E-state index < -0.39 is 5.97 Å². The lowest BCUT2D eigenvalue weighted by Crippen LogP contribution is -2.23. The molecule has 0 saturated heterocycles. The highest BCUT2D eigenvalue weighted by molar-refractivity contribution is 5.83. The standard InChI is InChI=1S/C28H33FN2O4/c1-19-7-12-23(24(29)15-19)28-27(22-5-3-2-4-6-22)25(13-14-32)30-31(28)16-20-8-10-21(11-9-20)17-35-18-26(33)34/h2-7,12,15,20-21,32H,8-11,13-14,16-18H2,1H3,(H,33,34)/t20-,21-. The summed E-state index contributed by atoms with van der Waals surface area (Å²) in [5, 5.41) is 23.4. The quantitative estimate of drug-likeness (QED) is 0.421. The molecule has 0 atom stereocenters. The normalized spacial score (nSPS) is 18.0. The van der Waals surface area contributed by atoms with Gasteiger partial charge < -0.3 is 14.9 Å². The molecule has 7 heteroatoms. The number of carboxylic acid groups (broad SMARTS) is 1. The minimum absolute atomic E-state index is 0.0336. The molecule has 4 rings (SSSR count). The molecule has 35 heavy (non-hydrogen) atoms. The van der Waals surface area contributed by atoms with E-state index in [-0.39, 0.29) is 19.0 Å². The van der Waals surface area contributed by atoms with Gasteiger partial charge in [-0.05, 0) is 67.7 Å². The van der Waals surface area contributed by atoms with Crippen LogP contribution < -0.4 is 0 Å². The third kappa shape index (κ3) is 6.16. The Balaban J connectivity index is 1.64. The van der Waals surface area contributed by atoms with Crippen molar-refractivity contribution in [2.45, 2.75) is 45.6 Å². The van der Waals surface area contributed by atoms with E-state index in [1.807, 2.05) is 54.1 Å². The number of rotatable bonds is 10. The van der Waals surface area contributed by atoms with Gasteiger partial charge in [0.1, 0.15) is 12.4 Å². The number of aromatic nitrogens is 2. The van der Waals surface area contributed by atoms with Gasteiger partial charge >= 0.3 is 5.97 Å². The molecule has 0 amide bonds. The monoisotopic (exact) mass is 480 g/mol. The van der Waals surface area contributed by atoms with Crippen molar-refractivity contribution in [3.63, 3.8) is 0 Å². The Bertz CT molecular complexity index is 1140. The van der Waals surface area contributed by atoms with Crippen LogP contribution >= 0.6 is 0 Å². The van der Waals surface area contributed by atoms with E-state index in [0.717, 1.165) is 53.8 Å². The number of aliphatic hydroxyl groups is 1. The van der Waals surface area contributed by atoms with Crippen LogP contribution in [0.1, 0.15) is 36.9 Å². The van der Waals surface area contributed by atoms with Crippen molar-refractivity contribution in [1.82, 2.24) is 9.78 Å². The molecule has 2 aromatic carbocycles. The van der Waals surface area contributed by atoms with Crippen LogP contribution in [-0.2, 0) is 22.5 Å². The Morgan fingerprint density at radius 2 is 1.83 bits per heavy atom. The van der Waals surface area contributed by atoms with E-state index >= 15 is 4.39 Å². The average molecular weight is 481 g/mol. The van der Waals surface area contributed by atoms with Gasteiger partial charge in [-0.25, -0.2) is 9.18 Å². The number of hydrogen-bond donors (Lipinski definition) is 2. The fraction of sp³-hybridized carbons (Fsp3) is 0.429. The van der Waals surface area contributed by atoms with Crippen LogP contribution in [0.2, 0.25) is 0 Å². The number of hydrogen-bond acceptors (Lipinski definition) is 4. The smallest absolute Gasteiger partial charge is 0.329 e. The molecule has 0 spiro atoms. The van der Waals surface area contributed by atoms with Gasteiger partial charge in [0, 0.05) is 30.7 Å². The Hall–Kier alpha value is -3.03. The lowest BCUT2D eigenvalue weighted by molar-refractivity contribution is -0.142. The zero-order valence-electron chi connectivity index (χ0n) is 20.1. The van der Waals surface area contributed by atoms with Crippen LogP contribution in [0.5, 0.6) is 0 Å². The van der Waals surface area contributed by atoms with Gasteiger partial charge in [0.25, 0.3) is 0 Å². The van der Waals surface area contributed by atoms with E-state index in [0.29, 0.717) is 37.0 Å². The molecule has 186 valence electrons. The van der Waals surface area contributed by atoms with Crippen molar-refractivity contribution >= 4 is 5.97 Å². The molecule has 3 aromatic rings. The first kappa shape index (κ1) is 25.1. The van der Waals surface area contributed by atoms with E-state index in [2.05, 4.69) is 0 Å². The summed E-state index contributed by atoms with van der Waals surface area (Å²) in [7, 11) is 0. The number of benzene rings is 2. The summed E-state index contributed by atoms with van der Waals surface area (Å²) in [6, 6.07) is 15.2. The second-order valence-electron chi connectivity index (χ2n) is 9.47. The summed E-state index contributed by atoms with van der Waals surface area (Å²) < 4.78 is 22.5. The number of aliphatic hydroxyl groups excluding tert-OH is 1. The molecular formula is C28H33FN2O4. The molecule has 1 aliphatic rings. The van der Waals surface area contributed by atoms with E-state index in [4.69, 9.17) is 14.9 Å². The second kappa shape index (κ2) is 11.6. The highest BCUT2D eigenvalue weighted by atomic mass is 19.1. The van der Waals surface area contributed by atoms with Gasteiger partial charge in [-0.3, -0.25) is 4.68 Å². The molecule has 0 unspecified atom stereocenters. The molecule has 0 radical (unpaired) electrons. The summed E-state index contributed by atoms with van der Waals surface area (Å²) in [6.07, 6.45) is 4.29. The lowest BCUT2D eigenvalue weighted by atomic mass is 9.82. The van der Waals surface area contributed by atoms with Crippen LogP contribution in [0.4, 0.5) is 4.39 Å². The second-order valence-corrected chi connectivity index (χ2v) is 9.47. The molecule has 2 N–H and O–H groups in total. The van der Waals surface area contributed by atoms with Gasteiger partial charge in [-0.1, -0.05) is 36.4 Å². The number of carbonyl (C=O) groups is 1. The van der Waals surface area contributed by atoms with E-state index in [1.165, 1.54) is 0 Å². The number of aliphatic carboxylic acids is 1. The first-order chi connectivity index (χ1) is 17.0. The van der Waals surface area contributed by atoms with Gasteiger partial charge in [0.15, 0.2) is 0 Å². The minimum Gasteiger partial charge on any atom is -0.480 e. The number of halogens is 1. The largest absolute Gasteiger partial charge is 0.480 e. The van der Waals surface area contributed by atoms with Gasteiger partial charge in [-0.2, -0.15) is 5.10 Å². The molecule has 1 fully saturated rings. The van der Waals surface area contributed by atoms with Crippen molar-refractivity contribution in [3.05, 3.63) is 65.6 Å². The first-order valence-electron chi connectivity index (χ1n) is 12.3. The third-order valence-corrected chi connectivity index (χ3v) is 6.79. The summed E-state index contributed by atoms with van der Waals surface area (Å²) in [6.45, 7) is 2.72. The summed E-state index contributed by atoms with van der Waals surface area (Å²) >= 11 is 0. The number of aryl methyl sites for hydroxylation is 1. The van der Waals surface area contributed by atoms with Gasteiger partial charge in [0.2, 0.25) is 0 Å². The highest BCUT2D eigenvalue weighted by Crippen LogP contribution is 2.39. The maximum absolute atomic E-state index is 15.3. The van der Waals surface area contributed by atoms with Crippen molar-refractivity contribution in [1.29, 1.82) is 0 Å². The Kier molecular flexibility index (Phi) is 8.31. The highest BCUT2D eigenvalue weighted by Gasteiger charge is 2.27. The van der Waals surface area contributed by atoms with Crippen LogP contribution in [0.25, 0.3) is 22.4 Å². The topological polar surface area (TPSA) is 84.6 Å². The first-order valence-corrected chi connectivity index (χ1v) is 12.3. The lowest BCUT2D eigenvalue weighted by Gasteiger charge is -2.28. The predicted octanol–water partition coefficient (Wildman–Crippen LogP) is 5.11. The zero-order chi connectivity index (χ0) is 24.8. The number of ether oxygens (including phenoxy) is 1. The van der Waals surface area contributed by atoms with Gasteiger partial charge in [0.05, 0.1) is 18.0 Å². The molecule has 0 aliphatic heterocycles. The zero-order valence-corrected chi connectivity index (χ0v) is 20.1. The van der Waals surface area contributed by atoms with E-state index in [9.17, 15) is 9.90 Å². The van der Waals surface area contributed by atoms with Crippen molar-refractivity contribution in [2.24, 2.45) is 11.8 Å². The summed E-state index contributed by atoms with van der Waals surface area (Å²) in [5.74, 6) is -0.482. The van der Waals surface area contributed by atoms with Crippen LogP contribution in [0.15, 0.2) is 48.5 Å². The molecular weight excluding hydrogens is 447 g/mol. The maximum atomic E-state index is 15.3. The fourth-order valence-corrected chi connectivity index (χ4v) is 5.06. The maximum Gasteiger partial charge on any atom is 0.329 e. The molecule has 0 bridgehead atoms. The molecule has 1 aromatic heterocycles. The van der Waals surface area contributed by atoms with Crippen molar-refractivity contribution < 1.29 is 24.1 Å². The number of carboxylic acids is 1.